The van der Waals surface area contributed by atoms with Gasteiger partial charge in [-0.05, 0) is 26.9 Å². The van der Waals surface area contributed by atoms with Gasteiger partial charge >= 0.3 is 0 Å². The van der Waals surface area contributed by atoms with E-state index in [1.54, 1.807) is 0 Å². The third-order valence-corrected chi connectivity index (χ3v) is 2.59. The molecule has 0 aromatic carbocycles. The van der Waals surface area contributed by atoms with Gasteiger partial charge in [-0.1, -0.05) is 20.3 Å². The summed E-state index contributed by atoms with van der Waals surface area (Å²) in [5, 5.41) is 2.92. The third kappa shape index (κ3) is 5.74. The van der Waals surface area contributed by atoms with E-state index < -0.39 is 0 Å². The largest absolute Gasteiger partial charge is 0.351 e. The normalized spacial score (nSPS) is 17.3. The number of likely N-dealkylation sites (N-methyl/N-ethyl adjacent to an activating group) is 1. The van der Waals surface area contributed by atoms with Gasteiger partial charge in [0.25, 0.3) is 0 Å². The monoisotopic (exact) mass is 215 g/mol. The summed E-state index contributed by atoms with van der Waals surface area (Å²) in [4.78, 5) is 13.7. The predicted molar refractivity (Wildman–Crippen MR) is 63.6 cm³/mol. The molecule has 0 aromatic heterocycles. The highest BCUT2D eigenvalue weighted by Gasteiger charge is 2.20. The second-order valence-corrected chi connectivity index (χ2v) is 4.58. The van der Waals surface area contributed by atoms with Crippen LogP contribution in [0, 0.1) is 5.92 Å². The lowest BCUT2D eigenvalue weighted by molar-refractivity contribution is -0.124. The van der Waals surface area contributed by atoms with E-state index in [4.69, 9.17) is 5.73 Å². The molecule has 0 fully saturated rings. The van der Waals surface area contributed by atoms with Gasteiger partial charge in [0, 0.05) is 12.6 Å². The number of nitrogens with zero attached hydrogens (tertiary/aromatic N) is 1. The van der Waals surface area contributed by atoms with Crippen molar-refractivity contribution in [1.29, 1.82) is 0 Å². The van der Waals surface area contributed by atoms with Crippen molar-refractivity contribution in [1.82, 2.24) is 10.2 Å². The highest BCUT2D eigenvalue weighted by Crippen LogP contribution is 2.05. The molecule has 0 heterocycles. The Hall–Kier alpha value is -0.610. The maximum atomic E-state index is 11.7. The van der Waals surface area contributed by atoms with Crippen molar-refractivity contribution in [3.05, 3.63) is 0 Å². The molecule has 90 valence electrons. The van der Waals surface area contributed by atoms with Gasteiger partial charge in [0.15, 0.2) is 0 Å². The molecule has 0 rings (SSSR count). The molecule has 0 aliphatic heterocycles. The lowest BCUT2D eigenvalue weighted by Crippen LogP contribution is -2.49. The molecule has 3 N–H and O–H groups in total. The molecule has 0 saturated heterocycles. The molecule has 0 spiro atoms. The van der Waals surface area contributed by atoms with Crippen molar-refractivity contribution in [3.8, 4) is 0 Å². The zero-order chi connectivity index (χ0) is 12.0. The Morgan fingerprint density at radius 3 is 2.33 bits per heavy atom. The quantitative estimate of drug-likeness (QED) is 0.675. The Morgan fingerprint density at radius 1 is 1.40 bits per heavy atom. The van der Waals surface area contributed by atoms with E-state index in [1.807, 2.05) is 39.8 Å². The molecule has 3 unspecified atom stereocenters. The Balaban J connectivity index is 4.01. The van der Waals surface area contributed by atoms with Gasteiger partial charge in [-0.25, -0.2) is 0 Å². The third-order valence-electron chi connectivity index (χ3n) is 2.59. The number of nitrogens with one attached hydrogen (secondary N) is 1. The van der Waals surface area contributed by atoms with E-state index >= 15 is 0 Å². The number of amides is 1. The number of rotatable bonds is 6. The maximum absolute atomic E-state index is 11.7. The molecule has 0 aliphatic rings. The highest BCUT2D eigenvalue weighted by atomic mass is 16.2. The fourth-order valence-corrected chi connectivity index (χ4v) is 1.44. The summed E-state index contributed by atoms with van der Waals surface area (Å²) < 4.78 is 0. The summed E-state index contributed by atoms with van der Waals surface area (Å²) in [7, 11) is 3.97. The summed E-state index contributed by atoms with van der Waals surface area (Å²) in [5.41, 5.74) is 5.82. The average molecular weight is 215 g/mol. The topological polar surface area (TPSA) is 58.4 Å². The van der Waals surface area contributed by atoms with Crippen molar-refractivity contribution in [2.45, 2.75) is 39.3 Å². The first-order chi connectivity index (χ1) is 6.88. The van der Waals surface area contributed by atoms with Crippen molar-refractivity contribution < 1.29 is 4.79 Å². The smallest absolute Gasteiger partial charge is 0.237 e. The van der Waals surface area contributed by atoms with E-state index in [1.165, 1.54) is 0 Å². The van der Waals surface area contributed by atoms with Crippen molar-refractivity contribution in [3.63, 3.8) is 0 Å². The van der Waals surface area contributed by atoms with Gasteiger partial charge in [-0.15, -0.1) is 0 Å². The summed E-state index contributed by atoms with van der Waals surface area (Å²) in [6.07, 6.45) is 0.927. The number of carbonyl (C=O) groups is 1. The zero-order valence-electron chi connectivity index (χ0n) is 10.6. The van der Waals surface area contributed by atoms with Crippen molar-refractivity contribution >= 4 is 5.91 Å². The first-order valence-corrected chi connectivity index (χ1v) is 5.59. The summed E-state index contributed by atoms with van der Waals surface area (Å²) in [6.45, 7) is 6.86. The molecule has 0 aliphatic carbocycles. The van der Waals surface area contributed by atoms with E-state index in [0.29, 0.717) is 0 Å². The van der Waals surface area contributed by atoms with Gasteiger partial charge in [0.05, 0.1) is 6.04 Å². The van der Waals surface area contributed by atoms with Gasteiger partial charge < -0.3 is 16.0 Å². The molecular formula is C11H25N3O. The number of nitrogens with two attached hydrogens (primary N) is 1. The van der Waals surface area contributed by atoms with Crippen LogP contribution in [-0.2, 0) is 4.79 Å². The first-order valence-electron chi connectivity index (χ1n) is 5.59. The summed E-state index contributed by atoms with van der Waals surface area (Å²) in [6, 6.07) is -0.248. The van der Waals surface area contributed by atoms with Crippen LogP contribution in [0.5, 0.6) is 0 Å². The molecule has 4 heteroatoms. The van der Waals surface area contributed by atoms with E-state index in [0.717, 1.165) is 13.0 Å². The van der Waals surface area contributed by atoms with Crippen LogP contribution in [0.2, 0.25) is 0 Å². The van der Waals surface area contributed by atoms with Crippen molar-refractivity contribution in [2.75, 3.05) is 20.6 Å². The van der Waals surface area contributed by atoms with Crippen LogP contribution in [-0.4, -0.2) is 43.5 Å². The van der Waals surface area contributed by atoms with E-state index in [2.05, 4.69) is 5.32 Å². The second kappa shape index (κ2) is 6.80. The second-order valence-electron chi connectivity index (χ2n) is 4.58. The van der Waals surface area contributed by atoms with Crippen LogP contribution in [0.3, 0.4) is 0 Å². The van der Waals surface area contributed by atoms with Crippen LogP contribution in [0.4, 0.5) is 0 Å². The molecular weight excluding hydrogens is 190 g/mol. The minimum atomic E-state index is -0.389. The number of hydrogen-bond acceptors (Lipinski definition) is 3. The molecule has 15 heavy (non-hydrogen) atoms. The Bertz CT molecular complexity index is 194. The maximum Gasteiger partial charge on any atom is 0.237 e. The molecule has 0 radical (unpaired) electrons. The number of carbonyl (C=O) groups excluding carboxylic acids is 1. The lowest BCUT2D eigenvalue weighted by atomic mass is 9.99. The average Bonchev–Trinajstić information content (AvgIpc) is 2.13. The van der Waals surface area contributed by atoms with E-state index in [9.17, 15) is 4.79 Å². The Labute approximate surface area is 93.2 Å². The van der Waals surface area contributed by atoms with Crippen LogP contribution >= 0.6 is 0 Å². The first kappa shape index (κ1) is 14.4. The summed E-state index contributed by atoms with van der Waals surface area (Å²) >= 11 is 0. The lowest BCUT2D eigenvalue weighted by Gasteiger charge is -2.22. The van der Waals surface area contributed by atoms with Gasteiger partial charge in [0.1, 0.15) is 0 Å². The highest BCUT2D eigenvalue weighted by molar-refractivity contribution is 5.82. The van der Waals surface area contributed by atoms with Crippen LogP contribution in [0.15, 0.2) is 0 Å². The summed E-state index contributed by atoms with van der Waals surface area (Å²) in [5.74, 6) is 0.190. The van der Waals surface area contributed by atoms with Gasteiger partial charge in [0.2, 0.25) is 5.91 Å². The van der Waals surface area contributed by atoms with Gasteiger partial charge in [-0.3, -0.25) is 4.79 Å². The SMILES string of the molecule is CCC(C)C(N)C(=O)NC(C)CN(C)C. The minimum Gasteiger partial charge on any atom is -0.351 e. The van der Waals surface area contributed by atoms with Crippen LogP contribution in [0.1, 0.15) is 27.2 Å². The van der Waals surface area contributed by atoms with Crippen molar-refractivity contribution in [2.24, 2.45) is 11.7 Å². The molecule has 0 bridgehead atoms. The molecule has 4 nitrogen and oxygen atoms in total. The molecule has 1 amide bonds. The Morgan fingerprint density at radius 2 is 1.93 bits per heavy atom. The minimum absolute atomic E-state index is 0.0429. The fourth-order valence-electron chi connectivity index (χ4n) is 1.44. The molecule has 0 aromatic rings. The predicted octanol–water partition coefficient (Wildman–Crippen LogP) is 0.426. The van der Waals surface area contributed by atoms with Crippen LogP contribution < -0.4 is 11.1 Å². The van der Waals surface area contributed by atoms with Gasteiger partial charge in [-0.2, -0.15) is 0 Å². The fraction of sp³-hybridized carbons (Fsp3) is 0.909. The molecule has 3 atom stereocenters. The Kier molecular flexibility index (Phi) is 6.52. The zero-order valence-corrected chi connectivity index (χ0v) is 10.6. The molecule has 0 saturated carbocycles. The van der Waals surface area contributed by atoms with Crippen LogP contribution in [0.25, 0.3) is 0 Å². The standard InChI is InChI=1S/C11H25N3O/c1-6-8(2)10(12)11(15)13-9(3)7-14(4)5/h8-10H,6-7,12H2,1-5H3,(H,13,15). The number of hydrogen-bond donors (Lipinski definition) is 2. The van der Waals surface area contributed by atoms with E-state index in [-0.39, 0.29) is 23.9 Å².